The summed E-state index contributed by atoms with van der Waals surface area (Å²) >= 11 is 7.46. The zero-order chi connectivity index (χ0) is 10.1. The van der Waals surface area contributed by atoms with Crippen molar-refractivity contribution in [2.24, 2.45) is 0 Å². The van der Waals surface area contributed by atoms with E-state index < -0.39 is 0 Å². The minimum absolute atomic E-state index is 0.798. The van der Waals surface area contributed by atoms with Gasteiger partial charge in [-0.25, -0.2) is 0 Å². The molecule has 0 bridgehead atoms. The quantitative estimate of drug-likeness (QED) is 0.602. The van der Waals surface area contributed by atoms with E-state index in [1.807, 2.05) is 24.5 Å². The summed E-state index contributed by atoms with van der Waals surface area (Å²) in [6, 6.07) is 8.21. The second-order valence-corrected chi connectivity index (χ2v) is 5.14. The summed E-state index contributed by atoms with van der Waals surface area (Å²) in [4.78, 5) is 2.81. The summed E-state index contributed by atoms with van der Waals surface area (Å²) in [6.07, 6.45) is 1.99. The Morgan fingerprint density at radius 2 is 2.29 bits per heavy atom. The third-order valence-electron chi connectivity index (χ3n) is 1.93. The average molecular weight is 237 g/mol. The van der Waals surface area contributed by atoms with Crippen LogP contribution in [0.2, 0.25) is 0 Å². The van der Waals surface area contributed by atoms with Crippen molar-refractivity contribution >= 4 is 45.8 Å². The lowest BCUT2D eigenvalue weighted by molar-refractivity contribution is 1.46. The highest BCUT2D eigenvalue weighted by Gasteiger charge is 2.10. The lowest BCUT2D eigenvalue weighted by Gasteiger charge is -1.95. The molecule has 0 fully saturated rings. The van der Waals surface area contributed by atoms with Gasteiger partial charge in [-0.15, -0.1) is 35.7 Å². The number of hydrogen-bond donors (Lipinski definition) is 1. The van der Waals surface area contributed by atoms with Crippen molar-refractivity contribution in [3.05, 3.63) is 23.1 Å². The molecule has 14 heavy (non-hydrogen) atoms. The van der Waals surface area contributed by atoms with Crippen LogP contribution >= 0.6 is 35.7 Å². The van der Waals surface area contributed by atoms with Gasteiger partial charge in [-0.3, -0.25) is 0 Å². The minimum Gasteiger partial charge on any atom is -0.191 e. The number of thioether (sulfide) groups is 1. The molecular weight excluding hydrogens is 230 g/mol. The van der Waals surface area contributed by atoms with Gasteiger partial charge in [-0.1, -0.05) is 0 Å². The van der Waals surface area contributed by atoms with Crippen LogP contribution in [0.15, 0.2) is 28.0 Å². The Morgan fingerprint density at radius 3 is 2.93 bits per heavy atom. The Kier molecular flexibility index (Phi) is 2.73. The molecule has 0 atom stereocenters. The molecule has 0 saturated heterocycles. The van der Waals surface area contributed by atoms with Crippen molar-refractivity contribution in [2.75, 3.05) is 6.26 Å². The van der Waals surface area contributed by atoms with E-state index in [1.165, 1.54) is 0 Å². The van der Waals surface area contributed by atoms with Gasteiger partial charge in [-0.05, 0) is 24.5 Å². The van der Waals surface area contributed by atoms with E-state index in [0.29, 0.717) is 0 Å². The van der Waals surface area contributed by atoms with E-state index >= 15 is 0 Å². The van der Waals surface area contributed by atoms with Crippen molar-refractivity contribution in [3.63, 3.8) is 0 Å². The lowest BCUT2D eigenvalue weighted by atomic mass is 10.2. The topological polar surface area (TPSA) is 23.8 Å². The zero-order valence-electron chi connectivity index (χ0n) is 7.44. The Bertz CT molecular complexity index is 522. The van der Waals surface area contributed by atoms with Gasteiger partial charge in [0.2, 0.25) is 0 Å². The summed E-state index contributed by atoms with van der Waals surface area (Å²) < 4.78 is 1.16. The fourth-order valence-electron chi connectivity index (χ4n) is 1.34. The highest BCUT2D eigenvalue weighted by Crippen LogP contribution is 2.37. The van der Waals surface area contributed by atoms with E-state index in [0.717, 1.165) is 24.8 Å². The molecular formula is C10H7NS3. The Labute approximate surface area is 96.2 Å². The number of nitrogens with zero attached hydrogens (tertiary/aromatic N) is 1. The third-order valence-corrected chi connectivity index (χ3v) is 4.25. The van der Waals surface area contributed by atoms with Gasteiger partial charge in [0, 0.05) is 19.9 Å². The van der Waals surface area contributed by atoms with Gasteiger partial charge >= 0.3 is 0 Å². The number of nitriles is 1. The molecule has 0 radical (unpaired) electrons. The van der Waals surface area contributed by atoms with Crippen LogP contribution in [-0.2, 0) is 0 Å². The number of fused-ring (bicyclic) bond motifs is 1. The summed E-state index contributed by atoms with van der Waals surface area (Å²) in [5.41, 5.74) is 0. The van der Waals surface area contributed by atoms with E-state index in [9.17, 15) is 0 Å². The molecule has 2 rings (SSSR count). The van der Waals surface area contributed by atoms with Crippen LogP contribution in [-0.4, -0.2) is 6.26 Å². The zero-order valence-corrected chi connectivity index (χ0v) is 9.97. The Hall–Kier alpha value is -0.630. The maximum Gasteiger partial charge on any atom is 0.119 e. The van der Waals surface area contributed by atoms with Gasteiger partial charge in [0.1, 0.15) is 10.9 Å². The van der Waals surface area contributed by atoms with E-state index in [2.05, 4.69) is 18.7 Å². The number of thiol groups is 1. The molecule has 70 valence electrons. The van der Waals surface area contributed by atoms with Crippen LogP contribution in [0.25, 0.3) is 10.1 Å². The van der Waals surface area contributed by atoms with E-state index in [1.54, 1.807) is 23.1 Å². The summed E-state index contributed by atoms with van der Waals surface area (Å²) in [6.45, 7) is 0. The molecule has 0 aliphatic rings. The average Bonchev–Trinajstić information content (AvgIpc) is 2.54. The van der Waals surface area contributed by atoms with Gasteiger partial charge in [0.15, 0.2) is 0 Å². The Morgan fingerprint density at radius 1 is 1.50 bits per heavy atom. The summed E-state index contributed by atoms with van der Waals surface area (Å²) in [7, 11) is 0. The largest absolute Gasteiger partial charge is 0.191 e. The van der Waals surface area contributed by atoms with Crippen LogP contribution < -0.4 is 0 Å². The summed E-state index contributed by atoms with van der Waals surface area (Å²) in [5, 5.41) is 10.1. The maximum atomic E-state index is 8.95. The molecule has 1 aromatic carbocycles. The highest BCUT2D eigenvalue weighted by molar-refractivity contribution is 7.99. The standard InChI is InChI=1S/C10H7NS3/c1-13-10-7-4-6(12)2-3-8(7)14-9(10)5-11/h2-4,12H,1H3. The molecule has 1 nitrogen and oxygen atoms in total. The van der Waals surface area contributed by atoms with Gasteiger partial charge < -0.3 is 0 Å². The second-order valence-electron chi connectivity index (χ2n) is 2.76. The lowest BCUT2D eigenvalue weighted by Crippen LogP contribution is -1.71. The molecule has 4 heteroatoms. The van der Waals surface area contributed by atoms with Crippen LogP contribution in [0.5, 0.6) is 0 Å². The second kappa shape index (κ2) is 3.85. The molecule has 0 N–H and O–H groups in total. The van der Waals surface area contributed by atoms with Crippen molar-refractivity contribution in [2.45, 2.75) is 9.79 Å². The number of thiophene rings is 1. The van der Waals surface area contributed by atoms with Gasteiger partial charge in [-0.2, -0.15) is 5.26 Å². The van der Waals surface area contributed by atoms with Crippen LogP contribution in [0.3, 0.4) is 0 Å². The first-order chi connectivity index (χ1) is 6.76. The first-order valence-corrected chi connectivity index (χ1v) is 6.44. The predicted molar refractivity (Wildman–Crippen MR) is 65.6 cm³/mol. The number of hydrogen-bond acceptors (Lipinski definition) is 4. The van der Waals surface area contributed by atoms with Crippen molar-refractivity contribution < 1.29 is 0 Å². The molecule has 0 aliphatic carbocycles. The molecule has 0 spiro atoms. The molecule has 2 aromatic rings. The van der Waals surface area contributed by atoms with E-state index in [4.69, 9.17) is 5.26 Å². The van der Waals surface area contributed by atoms with Crippen LogP contribution in [0.4, 0.5) is 0 Å². The normalized spacial score (nSPS) is 10.4. The van der Waals surface area contributed by atoms with Gasteiger partial charge in [0.25, 0.3) is 0 Å². The SMILES string of the molecule is CSc1c(C#N)sc2ccc(S)cc12. The van der Waals surface area contributed by atoms with Crippen LogP contribution in [0, 0.1) is 11.3 Å². The van der Waals surface area contributed by atoms with Crippen molar-refractivity contribution in [3.8, 4) is 6.07 Å². The first kappa shape index (κ1) is 9.91. The molecule has 0 amide bonds. The number of rotatable bonds is 1. The molecule has 0 unspecified atom stereocenters. The monoisotopic (exact) mass is 237 g/mol. The molecule has 1 aromatic heterocycles. The number of benzene rings is 1. The minimum atomic E-state index is 0.798. The molecule has 1 heterocycles. The third kappa shape index (κ3) is 1.52. The van der Waals surface area contributed by atoms with E-state index in [-0.39, 0.29) is 0 Å². The Balaban J connectivity index is 2.83. The molecule has 0 saturated carbocycles. The fourth-order valence-corrected chi connectivity index (χ4v) is 3.48. The highest BCUT2D eigenvalue weighted by atomic mass is 32.2. The van der Waals surface area contributed by atoms with Crippen molar-refractivity contribution in [1.82, 2.24) is 0 Å². The maximum absolute atomic E-state index is 8.95. The van der Waals surface area contributed by atoms with Crippen LogP contribution in [0.1, 0.15) is 4.88 Å². The first-order valence-electron chi connectivity index (χ1n) is 3.96. The summed E-state index contributed by atoms with van der Waals surface area (Å²) in [5.74, 6) is 0. The van der Waals surface area contributed by atoms with Crippen molar-refractivity contribution in [1.29, 1.82) is 5.26 Å². The predicted octanol–water partition coefficient (Wildman–Crippen LogP) is 3.78. The molecule has 0 aliphatic heterocycles. The van der Waals surface area contributed by atoms with Gasteiger partial charge in [0.05, 0.1) is 0 Å². The smallest absolute Gasteiger partial charge is 0.119 e. The fraction of sp³-hybridized carbons (Fsp3) is 0.100.